The molecule has 0 fully saturated rings. The summed E-state index contributed by atoms with van der Waals surface area (Å²) in [5.74, 6) is 0.299. The minimum absolute atomic E-state index is 0.0175. The van der Waals surface area contributed by atoms with E-state index < -0.39 is 17.6 Å². The van der Waals surface area contributed by atoms with Crippen molar-refractivity contribution in [2.75, 3.05) is 12.4 Å². The number of alkyl halides is 3. The number of aromatic nitrogens is 3. The van der Waals surface area contributed by atoms with Gasteiger partial charge >= 0.3 is 6.18 Å². The van der Waals surface area contributed by atoms with Gasteiger partial charge in [0, 0.05) is 23.5 Å². The van der Waals surface area contributed by atoms with Gasteiger partial charge in [-0.3, -0.25) is 4.79 Å². The molecule has 2 heterocycles. The number of hydrogen-bond acceptors (Lipinski definition) is 5. The van der Waals surface area contributed by atoms with Crippen molar-refractivity contribution < 1.29 is 27.4 Å². The summed E-state index contributed by atoms with van der Waals surface area (Å²) in [5.41, 5.74) is -0.0208. The summed E-state index contributed by atoms with van der Waals surface area (Å²) in [4.78, 5) is 24.3. The molecular formula is C25H17F3N4O3. The van der Waals surface area contributed by atoms with Crippen LogP contribution in [-0.2, 0) is 6.18 Å². The highest BCUT2D eigenvalue weighted by molar-refractivity contribution is 6.13. The molecule has 35 heavy (non-hydrogen) atoms. The number of rotatable bonds is 5. The lowest BCUT2D eigenvalue weighted by atomic mass is 10.0. The first-order valence-electron chi connectivity index (χ1n) is 10.4. The fourth-order valence-electron chi connectivity index (χ4n) is 3.72. The van der Waals surface area contributed by atoms with Crippen LogP contribution in [0.3, 0.4) is 0 Å². The van der Waals surface area contributed by atoms with Crippen LogP contribution >= 0.6 is 0 Å². The number of fused-ring (bicyclic) bond motifs is 2. The summed E-state index contributed by atoms with van der Waals surface area (Å²) in [6.45, 7) is 0. The van der Waals surface area contributed by atoms with Gasteiger partial charge in [-0.2, -0.15) is 13.2 Å². The van der Waals surface area contributed by atoms with Crippen LogP contribution in [0.15, 0.2) is 73.2 Å². The molecule has 176 valence electrons. The molecule has 10 heteroatoms. The van der Waals surface area contributed by atoms with Gasteiger partial charge in [0.05, 0.1) is 18.1 Å². The standard InChI is InChI=1S/C25H17F3N4O3/c1-34-18-11-15(25(26,27)28)10-16(12-18)32-23(33)20-4-2-3-14-9-17(5-6-19(14)20)35-24-21-7-8-29-22(21)30-13-31-24/h2-13H,1H3,(H,32,33)(H,29,30,31). The van der Waals surface area contributed by atoms with Crippen molar-refractivity contribution >= 4 is 33.4 Å². The summed E-state index contributed by atoms with van der Waals surface area (Å²) in [6, 6.07) is 15.1. The maximum atomic E-state index is 13.2. The number of amides is 1. The SMILES string of the molecule is COc1cc(NC(=O)c2cccc3cc(Oc4ncnc5[nH]ccc45)ccc23)cc(C(F)(F)F)c1. The van der Waals surface area contributed by atoms with Gasteiger partial charge in [0.25, 0.3) is 5.91 Å². The van der Waals surface area contributed by atoms with E-state index in [1.807, 2.05) is 0 Å². The molecule has 0 aliphatic rings. The number of ether oxygens (including phenoxy) is 2. The largest absolute Gasteiger partial charge is 0.497 e. The minimum Gasteiger partial charge on any atom is -0.497 e. The second-order valence-electron chi connectivity index (χ2n) is 7.61. The van der Waals surface area contributed by atoms with Gasteiger partial charge in [0.2, 0.25) is 5.88 Å². The number of methoxy groups -OCH3 is 1. The average Bonchev–Trinajstić information content (AvgIpc) is 3.33. The lowest BCUT2D eigenvalue weighted by molar-refractivity contribution is -0.137. The molecule has 0 radical (unpaired) electrons. The van der Waals surface area contributed by atoms with E-state index in [4.69, 9.17) is 9.47 Å². The smallest absolute Gasteiger partial charge is 0.416 e. The summed E-state index contributed by atoms with van der Waals surface area (Å²) < 4.78 is 50.6. The Labute approximate surface area is 196 Å². The summed E-state index contributed by atoms with van der Waals surface area (Å²) in [7, 11) is 1.26. The van der Waals surface area contributed by atoms with Gasteiger partial charge < -0.3 is 19.8 Å². The van der Waals surface area contributed by atoms with Gasteiger partial charge in [0.1, 0.15) is 23.5 Å². The molecule has 1 amide bonds. The van der Waals surface area contributed by atoms with Crippen molar-refractivity contribution in [1.82, 2.24) is 15.0 Å². The molecule has 0 aliphatic heterocycles. The Balaban J connectivity index is 1.44. The fourth-order valence-corrected chi connectivity index (χ4v) is 3.72. The summed E-state index contributed by atoms with van der Waals surface area (Å²) >= 11 is 0. The molecule has 5 rings (SSSR count). The van der Waals surface area contributed by atoms with Crippen LogP contribution in [0, 0.1) is 0 Å². The highest BCUT2D eigenvalue weighted by atomic mass is 19.4. The van der Waals surface area contributed by atoms with Crippen molar-refractivity contribution in [2.24, 2.45) is 0 Å². The predicted molar refractivity (Wildman–Crippen MR) is 124 cm³/mol. The number of anilines is 1. The number of H-pyrrole nitrogens is 1. The number of nitrogens with one attached hydrogen (secondary N) is 2. The quantitative estimate of drug-likeness (QED) is 0.315. The molecule has 2 aromatic heterocycles. The van der Waals surface area contributed by atoms with E-state index in [9.17, 15) is 18.0 Å². The summed E-state index contributed by atoms with van der Waals surface area (Å²) in [5, 5.41) is 4.57. The second kappa shape index (κ2) is 8.64. The van der Waals surface area contributed by atoms with Crippen molar-refractivity contribution in [2.45, 2.75) is 6.18 Å². The molecule has 0 spiro atoms. The maximum absolute atomic E-state index is 13.2. The predicted octanol–water partition coefficient (Wildman–Crippen LogP) is 6.18. The van der Waals surface area contributed by atoms with Crippen LogP contribution in [0.2, 0.25) is 0 Å². The van der Waals surface area contributed by atoms with Crippen LogP contribution in [0.25, 0.3) is 21.8 Å². The van der Waals surface area contributed by atoms with E-state index in [-0.39, 0.29) is 11.4 Å². The Hall–Kier alpha value is -4.60. The number of halogens is 3. The second-order valence-corrected chi connectivity index (χ2v) is 7.61. The van der Waals surface area contributed by atoms with E-state index >= 15 is 0 Å². The zero-order valence-electron chi connectivity index (χ0n) is 18.2. The monoisotopic (exact) mass is 478 g/mol. The number of carbonyl (C=O) groups excluding carboxylic acids is 1. The number of hydrogen-bond donors (Lipinski definition) is 2. The highest BCUT2D eigenvalue weighted by Crippen LogP contribution is 2.35. The lowest BCUT2D eigenvalue weighted by Crippen LogP contribution is -2.14. The number of carbonyl (C=O) groups is 1. The number of aromatic amines is 1. The lowest BCUT2D eigenvalue weighted by Gasteiger charge is -2.13. The van der Waals surface area contributed by atoms with Crippen molar-refractivity contribution in [3.8, 4) is 17.4 Å². The van der Waals surface area contributed by atoms with Crippen molar-refractivity contribution in [1.29, 1.82) is 0 Å². The molecule has 0 saturated heterocycles. The van der Waals surface area contributed by atoms with Gasteiger partial charge in [-0.15, -0.1) is 0 Å². The normalized spacial score (nSPS) is 11.5. The third kappa shape index (κ3) is 4.45. The average molecular weight is 478 g/mol. The minimum atomic E-state index is -4.58. The van der Waals surface area contributed by atoms with Gasteiger partial charge in [0.15, 0.2) is 0 Å². The number of benzene rings is 3. The molecule has 0 aliphatic carbocycles. The Kier molecular flexibility index (Phi) is 5.48. The molecule has 5 aromatic rings. The van der Waals surface area contributed by atoms with Gasteiger partial charge in [-0.1, -0.05) is 12.1 Å². The summed E-state index contributed by atoms with van der Waals surface area (Å²) in [6.07, 6.45) is -1.46. The van der Waals surface area contributed by atoms with Gasteiger partial charge in [-0.05, 0) is 53.2 Å². The molecule has 0 atom stereocenters. The van der Waals surface area contributed by atoms with E-state index in [0.29, 0.717) is 33.6 Å². The topological polar surface area (TPSA) is 89.1 Å². The first-order valence-corrected chi connectivity index (χ1v) is 10.4. The number of nitrogens with zero attached hydrogens (tertiary/aromatic N) is 2. The van der Waals surface area contributed by atoms with Crippen LogP contribution in [0.4, 0.5) is 18.9 Å². The van der Waals surface area contributed by atoms with E-state index in [0.717, 1.165) is 17.5 Å². The van der Waals surface area contributed by atoms with Gasteiger partial charge in [-0.25, -0.2) is 9.97 Å². The van der Waals surface area contributed by atoms with Crippen molar-refractivity contribution in [3.05, 3.63) is 84.3 Å². The van der Waals surface area contributed by atoms with Crippen LogP contribution in [-0.4, -0.2) is 28.0 Å². The van der Waals surface area contributed by atoms with Crippen LogP contribution in [0.1, 0.15) is 15.9 Å². The zero-order chi connectivity index (χ0) is 24.6. The first-order chi connectivity index (χ1) is 16.8. The third-order valence-electron chi connectivity index (χ3n) is 5.36. The Morgan fingerprint density at radius 1 is 0.971 bits per heavy atom. The highest BCUT2D eigenvalue weighted by Gasteiger charge is 2.31. The Morgan fingerprint density at radius 3 is 2.63 bits per heavy atom. The fraction of sp³-hybridized carbons (Fsp3) is 0.0800. The Morgan fingerprint density at radius 2 is 1.83 bits per heavy atom. The molecule has 0 unspecified atom stereocenters. The van der Waals surface area contributed by atoms with Crippen LogP contribution < -0.4 is 14.8 Å². The molecule has 0 bridgehead atoms. The molecule has 7 nitrogen and oxygen atoms in total. The molecule has 2 N–H and O–H groups in total. The van der Waals surface area contributed by atoms with E-state index in [1.165, 1.54) is 19.5 Å². The molecule has 3 aromatic carbocycles. The third-order valence-corrected chi connectivity index (χ3v) is 5.36. The maximum Gasteiger partial charge on any atom is 0.416 e. The zero-order valence-corrected chi connectivity index (χ0v) is 18.2. The first kappa shape index (κ1) is 22.2. The van der Waals surface area contributed by atoms with Crippen LogP contribution in [0.5, 0.6) is 17.4 Å². The molecular weight excluding hydrogens is 461 g/mol. The molecule has 0 saturated carbocycles. The van der Waals surface area contributed by atoms with Crippen molar-refractivity contribution in [3.63, 3.8) is 0 Å². The Bertz CT molecular complexity index is 1560. The van der Waals surface area contributed by atoms with E-state index in [1.54, 1.807) is 48.7 Å². The van der Waals surface area contributed by atoms with E-state index in [2.05, 4.69) is 20.3 Å².